The van der Waals surface area contributed by atoms with Gasteiger partial charge >= 0.3 is 0 Å². The van der Waals surface area contributed by atoms with E-state index in [9.17, 15) is 4.79 Å². The van der Waals surface area contributed by atoms with Crippen LogP contribution in [0.15, 0.2) is 12.3 Å². The van der Waals surface area contributed by atoms with Crippen molar-refractivity contribution < 1.29 is 9.53 Å². The predicted octanol–water partition coefficient (Wildman–Crippen LogP) is 3.19. The quantitative estimate of drug-likeness (QED) is 0.872. The summed E-state index contributed by atoms with van der Waals surface area (Å²) in [6.07, 6.45) is 3.58. The Morgan fingerprint density at radius 3 is 2.71 bits per heavy atom. The molecule has 5 heteroatoms. The number of pyridine rings is 1. The highest BCUT2D eigenvalue weighted by Crippen LogP contribution is 2.27. The molecule has 0 radical (unpaired) electrons. The molecule has 1 N–H and O–H groups in total. The van der Waals surface area contributed by atoms with E-state index < -0.39 is 0 Å². The summed E-state index contributed by atoms with van der Waals surface area (Å²) >= 11 is 5.97. The van der Waals surface area contributed by atoms with Gasteiger partial charge < -0.3 is 10.1 Å². The third-order valence-corrected chi connectivity index (χ3v) is 4.02. The van der Waals surface area contributed by atoms with Crippen LogP contribution in [0.3, 0.4) is 0 Å². The van der Waals surface area contributed by atoms with Crippen molar-refractivity contribution in [2.45, 2.75) is 39.0 Å². The van der Waals surface area contributed by atoms with Gasteiger partial charge in [-0.25, -0.2) is 4.98 Å². The minimum absolute atomic E-state index is 0.0735. The van der Waals surface area contributed by atoms with Crippen molar-refractivity contribution in [3.63, 3.8) is 0 Å². The molecule has 1 amide bonds. The summed E-state index contributed by atoms with van der Waals surface area (Å²) in [5.41, 5.74) is 1.38. The molecule has 1 aromatic rings. The molecule has 2 heterocycles. The van der Waals surface area contributed by atoms with Gasteiger partial charge in [0.25, 0.3) is 5.91 Å². The largest absolute Gasteiger partial charge is 0.381 e. The van der Waals surface area contributed by atoms with E-state index >= 15 is 0 Å². The Balaban J connectivity index is 2.08. The van der Waals surface area contributed by atoms with Gasteiger partial charge in [0.05, 0.1) is 5.56 Å². The predicted molar refractivity (Wildman–Crippen MR) is 83.8 cm³/mol. The number of carbonyl (C=O) groups is 1. The van der Waals surface area contributed by atoms with Gasteiger partial charge in [-0.05, 0) is 35.8 Å². The molecular weight excluding hydrogens is 288 g/mol. The van der Waals surface area contributed by atoms with E-state index in [4.69, 9.17) is 16.3 Å². The van der Waals surface area contributed by atoms with E-state index in [1.54, 1.807) is 12.3 Å². The molecule has 2 rings (SSSR count). The molecule has 1 aliphatic heterocycles. The zero-order valence-electron chi connectivity index (χ0n) is 12.9. The second kappa shape index (κ2) is 6.75. The monoisotopic (exact) mass is 310 g/mol. The summed E-state index contributed by atoms with van der Waals surface area (Å²) in [5, 5.41) is 3.44. The normalized spacial score (nSPS) is 16.8. The van der Waals surface area contributed by atoms with Crippen LogP contribution in [0.1, 0.15) is 49.5 Å². The zero-order valence-corrected chi connectivity index (χ0v) is 13.7. The van der Waals surface area contributed by atoms with Crippen molar-refractivity contribution in [1.29, 1.82) is 0 Å². The lowest BCUT2D eigenvalue weighted by atomic mass is 9.84. The van der Waals surface area contributed by atoms with E-state index in [-0.39, 0.29) is 11.3 Å². The first kappa shape index (κ1) is 16.2. The van der Waals surface area contributed by atoms with Crippen LogP contribution in [0.5, 0.6) is 0 Å². The van der Waals surface area contributed by atoms with E-state index in [0.29, 0.717) is 23.2 Å². The van der Waals surface area contributed by atoms with Crippen molar-refractivity contribution in [2.24, 2.45) is 5.92 Å². The fourth-order valence-corrected chi connectivity index (χ4v) is 2.67. The molecule has 1 saturated heterocycles. The molecule has 4 nitrogen and oxygen atoms in total. The lowest BCUT2D eigenvalue weighted by Crippen LogP contribution is -2.33. The van der Waals surface area contributed by atoms with Crippen LogP contribution in [-0.4, -0.2) is 30.6 Å². The fraction of sp³-hybridized carbons (Fsp3) is 0.625. The number of aromatic nitrogens is 1. The number of hydrogen-bond donors (Lipinski definition) is 1. The summed E-state index contributed by atoms with van der Waals surface area (Å²) in [4.78, 5) is 16.5. The minimum atomic E-state index is -0.155. The minimum Gasteiger partial charge on any atom is -0.381 e. The van der Waals surface area contributed by atoms with E-state index in [1.165, 1.54) is 0 Å². The number of nitrogens with zero attached hydrogens (tertiary/aromatic N) is 1. The smallest absolute Gasteiger partial charge is 0.253 e. The Labute approximate surface area is 131 Å². The average Bonchev–Trinajstić information content (AvgIpc) is 2.45. The first-order chi connectivity index (χ1) is 9.88. The van der Waals surface area contributed by atoms with Crippen LogP contribution in [0.25, 0.3) is 0 Å². The van der Waals surface area contributed by atoms with Crippen LogP contribution < -0.4 is 5.32 Å². The van der Waals surface area contributed by atoms with Gasteiger partial charge in [-0.15, -0.1) is 0 Å². The summed E-state index contributed by atoms with van der Waals surface area (Å²) < 4.78 is 5.33. The van der Waals surface area contributed by atoms with Crippen LogP contribution in [0, 0.1) is 5.92 Å². The fourth-order valence-electron chi connectivity index (χ4n) is 2.51. The van der Waals surface area contributed by atoms with Crippen molar-refractivity contribution in [3.05, 3.63) is 28.5 Å². The molecule has 1 aromatic heterocycles. The Hall–Kier alpha value is -1.13. The summed E-state index contributed by atoms with van der Waals surface area (Å²) in [6.45, 7) is 8.46. The molecular formula is C16H23ClN2O2. The van der Waals surface area contributed by atoms with E-state index in [1.807, 2.05) is 0 Å². The first-order valence-corrected chi connectivity index (χ1v) is 7.77. The molecule has 0 spiro atoms. The van der Waals surface area contributed by atoms with Crippen molar-refractivity contribution in [2.75, 3.05) is 19.8 Å². The number of halogens is 1. The van der Waals surface area contributed by atoms with E-state index in [0.717, 1.165) is 31.6 Å². The number of carbonyl (C=O) groups excluding carboxylic acids is 1. The number of ether oxygens (including phenoxy) is 1. The molecule has 0 unspecified atom stereocenters. The molecule has 1 aliphatic rings. The van der Waals surface area contributed by atoms with Crippen molar-refractivity contribution >= 4 is 17.5 Å². The van der Waals surface area contributed by atoms with Gasteiger partial charge in [-0.1, -0.05) is 32.4 Å². The van der Waals surface area contributed by atoms with Crippen LogP contribution in [0.2, 0.25) is 5.15 Å². The molecule has 0 aliphatic carbocycles. The summed E-state index contributed by atoms with van der Waals surface area (Å²) in [5.74, 6) is 0.427. The second-order valence-corrected chi connectivity index (χ2v) is 6.96. The molecule has 0 saturated carbocycles. The van der Waals surface area contributed by atoms with Gasteiger partial charge in [0.15, 0.2) is 0 Å². The SMILES string of the molecule is CC(C)(C)c1cc(Cl)ncc1C(=O)NCC1CCOCC1. The van der Waals surface area contributed by atoms with Crippen LogP contribution in [0.4, 0.5) is 0 Å². The second-order valence-electron chi connectivity index (χ2n) is 6.57. The number of hydrogen-bond acceptors (Lipinski definition) is 3. The molecule has 0 bridgehead atoms. The highest BCUT2D eigenvalue weighted by molar-refractivity contribution is 6.29. The van der Waals surface area contributed by atoms with Gasteiger partial charge in [0.2, 0.25) is 0 Å². The molecule has 0 aromatic carbocycles. The maximum Gasteiger partial charge on any atom is 0.253 e. The Morgan fingerprint density at radius 2 is 2.10 bits per heavy atom. The average molecular weight is 311 g/mol. The molecule has 0 atom stereocenters. The molecule has 1 fully saturated rings. The topological polar surface area (TPSA) is 51.2 Å². The van der Waals surface area contributed by atoms with Gasteiger partial charge in [0.1, 0.15) is 5.15 Å². The van der Waals surface area contributed by atoms with Crippen LogP contribution in [-0.2, 0) is 10.2 Å². The zero-order chi connectivity index (χ0) is 15.5. The van der Waals surface area contributed by atoms with Crippen molar-refractivity contribution in [1.82, 2.24) is 10.3 Å². The first-order valence-electron chi connectivity index (χ1n) is 7.40. The van der Waals surface area contributed by atoms with Gasteiger partial charge in [0, 0.05) is 26.0 Å². The Kier molecular flexibility index (Phi) is 5.22. The summed E-state index contributed by atoms with van der Waals surface area (Å²) in [7, 11) is 0. The third-order valence-electron chi connectivity index (χ3n) is 3.82. The van der Waals surface area contributed by atoms with Crippen LogP contribution >= 0.6 is 11.6 Å². The Morgan fingerprint density at radius 1 is 1.43 bits per heavy atom. The van der Waals surface area contributed by atoms with E-state index in [2.05, 4.69) is 31.1 Å². The van der Waals surface area contributed by atoms with Crippen molar-refractivity contribution in [3.8, 4) is 0 Å². The highest BCUT2D eigenvalue weighted by atomic mass is 35.5. The molecule has 116 valence electrons. The maximum atomic E-state index is 12.4. The highest BCUT2D eigenvalue weighted by Gasteiger charge is 2.23. The Bertz CT molecular complexity index is 505. The number of rotatable bonds is 3. The standard InChI is InChI=1S/C16H23ClN2O2/c1-16(2,3)13-8-14(17)18-10-12(13)15(20)19-9-11-4-6-21-7-5-11/h8,10-11H,4-7,9H2,1-3H3,(H,19,20). The lowest BCUT2D eigenvalue weighted by molar-refractivity contribution is 0.0642. The number of amides is 1. The third kappa shape index (κ3) is 4.42. The molecule has 21 heavy (non-hydrogen) atoms. The summed E-state index contributed by atoms with van der Waals surface area (Å²) in [6, 6.07) is 1.78. The maximum absolute atomic E-state index is 12.4. The van der Waals surface area contributed by atoms with Gasteiger partial charge in [-0.2, -0.15) is 0 Å². The number of nitrogens with one attached hydrogen (secondary N) is 1. The lowest BCUT2D eigenvalue weighted by Gasteiger charge is -2.24. The van der Waals surface area contributed by atoms with Gasteiger partial charge in [-0.3, -0.25) is 4.79 Å².